The minimum atomic E-state index is -0.0507. The number of rotatable bonds is 6. The molecule has 1 aliphatic carbocycles. The standard InChI is InChI=1S/C55H38N2O/c1-55(2)47-21-11-9-19-46(47)53-43(20-13-22-48(53)55)36-24-26-37(27-25-36)49-34-50(57-54(56-49)38-16-7-4-8-17-38)42-31-40(35-14-5-3-6-15-35)30-41(32-42)39-28-29-45-44-18-10-12-23-51(44)58-52(45)33-39/h3-34H,1-2H3. The zero-order chi connectivity index (χ0) is 38.8. The largest absolute Gasteiger partial charge is 0.456 e. The van der Waals surface area contributed by atoms with E-state index in [0.29, 0.717) is 5.82 Å². The summed E-state index contributed by atoms with van der Waals surface area (Å²) in [7, 11) is 0. The Morgan fingerprint density at radius 2 is 0.931 bits per heavy atom. The first-order chi connectivity index (χ1) is 28.5. The predicted octanol–water partition coefficient (Wildman–Crippen LogP) is 14.7. The average Bonchev–Trinajstić information content (AvgIpc) is 3.78. The van der Waals surface area contributed by atoms with Gasteiger partial charge in [-0.25, -0.2) is 9.97 Å². The van der Waals surface area contributed by atoms with Crippen molar-refractivity contribution in [3.8, 4) is 78.4 Å². The number of hydrogen-bond acceptors (Lipinski definition) is 3. The van der Waals surface area contributed by atoms with Gasteiger partial charge in [0.15, 0.2) is 5.82 Å². The number of nitrogens with zero attached hydrogens (tertiary/aromatic N) is 2. The summed E-state index contributed by atoms with van der Waals surface area (Å²) in [5.41, 5.74) is 18.7. The molecule has 0 N–H and O–H groups in total. The maximum Gasteiger partial charge on any atom is 0.160 e. The Bertz CT molecular complexity index is 3180. The van der Waals surface area contributed by atoms with Crippen LogP contribution in [0, 0.1) is 0 Å². The van der Waals surface area contributed by atoms with Gasteiger partial charge in [-0.15, -0.1) is 0 Å². The first-order valence-electron chi connectivity index (χ1n) is 19.9. The smallest absolute Gasteiger partial charge is 0.160 e. The van der Waals surface area contributed by atoms with Crippen LogP contribution in [0.25, 0.3) is 100 Å². The van der Waals surface area contributed by atoms with Crippen LogP contribution < -0.4 is 0 Å². The summed E-state index contributed by atoms with van der Waals surface area (Å²) in [6.07, 6.45) is 0. The lowest BCUT2D eigenvalue weighted by Crippen LogP contribution is -2.14. The van der Waals surface area contributed by atoms with Gasteiger partial charge in [0, 0.05) is 32.9 Å². The van der Waals surface area contributed by atoms with Gasteiger partial charge in [0.1, 0.15) is 11.2 Å². The summed E-state index contributed by atoms with van der Waals surface area (Å²) in [6.45, 7) is 4.67. The van der Waals surface area contributed by atoms with E-state index in [-0.39, 0.29) is 5.41 Å². The zero-order valence-electron chi connectivity index (χ0n) is 32.3. The van der Waals surface area contributed by atoms with Crippen molar-refractivity contribution in [3.05, 3.63) is 205 Å². The molecule has 8 aromatic carbocycles. The van der Waals surface area contributed by atoms with E-state index in [0.717, 1.165) is 72.3 Å². The second-order valence-corrected chi connectivity index (χ2v) is 15.8. The first kappa shape index (κ1) is 33.9. The van der Waals surface area contributed by atoms with Crippen LogP contribution >= 0.6 is 0 Å². The summed E-state index contributed by atoms with van der Waals surface area (Å²) in [6, 6.07) is 69.0. The van der Waals surface area contributed by atoms with E-state index in [2.05, 4.69) is 178 Å². The molecule has 10 aromatic rings. The molecule has 0 spiro atoms. The molecule has 3 nitrogen and oxygen atoms in total. The minimum Gasteiger partial charge on any atom is -0.456 e. The molecule has 0 bridgehead atoms. The van der Waals surface area contributed by atoms with Crippen molar-refractivity contribution >= 4 is 21.9 Å². The Morgan fingerprint density at radius 1 is 0.362 bits per heavy atom. The number of furan rings is 1. The van der Waals surface area contributed by atoms with Gasteiger partial charge in [-0.3, -0.25) is 0 Å². The molecule has 0 saturated carbocycles. The number of hydrogen-bond donors (Lipinski definition) is 0. The second kappa shape index (κ2) is 13.4. The number of para-hydroxylation sites is 1. The van der Waals surface area contributed by atoms with Crippen molar-refractivity contribution in [1.29, 1.82) is 0 Å². The fourth-order valence-electron chi connectivity index (χ4n) is 8.92. The minimum absolute atomic E-state index is 0.0507. The third-order valence-corrected chi connectivity index (χ3v) is 11.9. The van der Waals surface area contributed by atoms with E-state index < -0.39 is 0 Å². The van der Waals surface area contributed by atoms with Gasteiger partial charge >= 0.3 is 0 Å². The predicted molar refractivity (Wildman–Crippen MR) is 239 cm³/mol. The summed E-state index contributed by atoms with van der Waals surface area (Å²) in [5, 5.41) is 2.24. The van der Waals surface area contributed by atoms with Crippen LogP contribution in [-0.2, 0) is 5.41 Å². The quantitative estimate of drug-likeness (QED) is 0.170. The Balaban J connectivity index is 1.05. The molecule has 0 aliphatic heterocycles. The Labute approximate surface area is 338 Å². The Kier molecular flexibility index (Phi) is 7.84. The van der Waals surface area contributed by atoms with Crippen molar-refractivity contribution in [3.63, 3.8) is 0 Å². The van der Waals surface area contributed by atoms with Gasteiger partial charge in [-0.1, -0.05) is 166 Å². The molecule has 0 radical (unpaired) electrons. The molecule has 2 aromatic heterocycles. The summed E-state index contributed by atoms with van der Waals surface area (Å²) in [4.78, 5) is 10.5. The monoisotopic (exact) mass is 742 g/mol. The van der Waals surface area contributed by atoms with Gasteiger partial charge in [0.2, 0.25) is 0 Å². The highest BCUT2D eigenvalue weighted by molar-refractivity contribution is 6.06. The molecule has 1 aliphatic rings. The van der Waals surface area contributed by atoms with Gasteiger partial charge in [0.05, 0.1) is 11.4 Å². The van der Waals surface area contributed by atoms with E-state index in [9.17, 15) is 0 Å². The second-order valence-electron chi connectivity index (χ2n) is 15.8. The number of aromatic nitrogens is 2. The fourth-order valence-corrected chi connectivity index (χ4v) is 8.92. The molecular weight excluding hydrogens is 705 g/mol. The van der Waals surface area contributed by atoms with Gasteiger partial charge in [-0.2, -0.15) is 0 Å². The van der Waals surface area contributed by atoms with Crippen LogP contribution in [0.4, 0.5) is 0 Å². The lowest BCUT2D eigenvalue weighted by atomic mass is 9.82. The van der Waals surface area contributed by atoms with Crippen molar-refractivity contribution in [2.24, 2.45) is 0 Å². The van der Waals surface area contributed by atoms with Crippen LogP contribution in [0.15, 0.2) is 199 Å². The van der Waals surface area contributed by atoms with E-state index in [1.54, 1.807) is 0 Å². The molecular formula is C55H38N2O. The van der Waals surface area contributed by atoms with Crippen molar-refractivity contribution in [1.82, 2.24) is 9.97 Å². The summed E-state index contributed by atoms with van der Waals surface area (Å²) >= 11 is 0. The number of fused-ring (bicyclic) bond motifs is 6. The molecule has 58 heavy (non-hydrogen) atoms. The molecule has 0 fully saturated rings. The topological polar surface area (TPSA) is 38.9 Å². The highest BCUT2D eigenvalue weighted by Gasteiger charge is 2.36. The average molecular weight is 743 g/mol. The maximum absolute atomic E-state index is 6.34. The zero-order valence-corrected chi connectivity index (χ0v) is 32.3. The van der Waals surface area contributed by atoms with Crippen molar-refractivity contribution in [2.75, 3.05) is 0 Å². The van der Waals surface area contributed by atoms with Crippen LogP contribution in [0.3, 0.4) is 0 Å². The summed E-state index contributed by atoms with van der Waals surface area (Å²) in [5.74, 6) is 0.687. The maximum atomic E-state index is 6.34. The van der Waals surface area contributed by atoms with Crippen LogP contribution in [0.1, 0.15) is 25.0 Å². The first-order valence-corrected chi connectivity index (χ1v) is 19.9. The summed E-state index contributed by atoms with van der Waals surface area (Å²) < 4.78 is 6.34. The molecule has 0 unspecified atom stereocenters. The highest BCUT2D eigenvalue weighted by Crippen LogP contribution is 2.52. The van der Waals surface area contributed by atoms with E-state index >= 15 is 0 Å². The van der Waals surface area contributed by atoms with E-state index in [1.807, 2.05) is 30.3 Å². The Morgan fingerprint density at radius 3 is 1.72 bits per heavy atom. The van der Waals surface area contributed by atoms with E-state index in [1.165, 1.54) is 33.4 Å². The highest BCUT2D eigenvalue weighted by atomic mass is 16.3. The molecule has 2 heterocycles. The lowest BCUT2D eigenvalue weighted by Gasteiger charge is -2.21. The van der Waals surface area contributed by atoms with Gasteiger partial charge in [0.25, 0.3) is 0 Å². The number of benzene rings is 8. The molecule has 0 amide bonds. The van der Waals surface area contributed by atoms with Crippen molar-refractivity contribution < 1.29 is 4.42 Å². The van der Waals surface area contributed by atoms with Crippen LogP contribution in [-0.4, -0.2) is 9.97 Å². The van der Waals surface area contributed by atoms with Gasteiger partial charge < -0.3 is 4.42 Å². The fraction of sp³-hybridized carbons (Fsp3) is 0.0545. The van der Waals surface area contributed by atoms with Gasteiger partial charge in [-0.05, 0) is 98.1 Å². The van der Waals surface area contributed by atoms with Crippen LogP contribution in [0.5, 0.6) is 0 Å². The SMILES string of the molecule is CC1(C)c2ccccc2-c2c(-c3ccc(-c4cc(-c5cc(-c6ccccc6)cc(-c6ccc7c(c6)oc6ccccc67)c5)nc(-c5ccccc5)n4)cc3)cccc21. The van der Waals surface area contributed by atoms with E-state index in [4.69, 9.17) is 14.4 Å². The third-order valence-electron chi connectivity index (χ3n) is 11.9. The molecule has 0 atom stereocenters. The molecule has 3 heteroatoms. The molecule has 11 rings (SSSR count). The van der Waals surface area contributed by atoms with Crippen molar-refractivity contribution in [2.45, 2.75) is 19.3 Å². The van der Waals surface area contributed by atoms with Crippen LogP contribution in [0.2, 0.25) is 0 Å². The third kappa shape index (κ3) is 5.66. The lowest BCUT2D eigenvalue weighted by molar-refractivity contribution is 0.660. The normalized spacial score (nSPS) is 12.8. The molecule has 274 valence electrons. The Hall–Kier alpha value is -7.36. The molecule has 0 saturated heterocycles.